The molecule has 1 aromatic carbocycles. The fraction of sp³-hybridized carbons (Fsp3) is 0.562. The van der Waals surface area contributed by atoms with Crippen molar-refractivity contribution in [3.8, 4) is 6.01 Å². The Labute approximate surface area is 290 Å². The smallest absolute Gasteiger partial charge is 0.416 e. The number of aromatic nitrogens is 4. The van der Waals surface area contributed by atoms with Gasteiger partial charge in [0.2, 0.25) is 0 Å². The van der Waals surface area contributed by atoms with Crippen LogP contribution in [0.25, 0.3) is 0 Å². The second-order valence-electron chi connectivity index (χ2n) is 13.4. The zero-order valence-corrected chi connectivity index (χ0v) is 28.6. The third kappa shape index (κ3) is 6.18. The zero-order chi connectivity index (χ0) is 34.8. The van der Waals surface area contributed by atoms with Crippen LogP contribution in [-0.2, 0) is 37.0 Å². The summed E-state index contributed by atoms with van der Waals surface area (Å²) in [6.45, 7) is 2.45. The minimum absolute atomic E-state index is 0.000326. The number of rotatable bonds is 6. The van der Waals surface area contributed by atoms with Crippen LogP contribution in [0.3, 0.4) is 0 Å². The summed E-state index contributed by atoms with van der Waals surface area (Å²) in [6, 6.07) is 1.66. The molecule has 0 aliphatic carbocycles. The highest BCUT2D eigenvalue weighted by molar-refractivity contribution is 7.80. The molecule has 0 amide bonds. The van der Waals surface area contributed by atoms with Gasteiger partial charge in [-0.25, -0.2) is 8.78 Å². The van der Waals surface area contributed by atoms with Gasteiger partial charge < -0.3 is 25.0 Å². The average molecular weight is 727 g/mol. The minimum Gasteiger partial charge on any atom is -0.461 e. The van der Waals surface area contributed by atoms with Gasteiger partial charge in [-0.15, -0.1) is 0 Å². The van der Waals surface area contributed by atoms with E-state index in [1.807, 2.05) is 23.7 Å². The molecular weight excluding hydrogens is 691 g/mol. The number of anilines is 2. The first-order valence-electron chi connectivity index (χ1n) is 16.2. The molecule has 4 aliphatic heterocycles. The summed E-state index contributed by atoms with van der Waals surface area (Å²) in [6.07, 6.45) is -4.65. The number of ether oxygens (including phenoxy) is 2. The number of nitrogen functional groups attached to an aromatic ring is 1. The Morgan fingerprint density at radius 1 is 1.20 bits per heavy atom. The Hall–Kier alpha value is -3.34. The molecule has 6 heterocycles. The van der Waals surface area contributed by atoms with E-state index in [9.17, 15) is 17.6 Å². The highest BCUT2D eigenvalue weighted by Gasteiger charge is 2.49. The van der Waals surface area contributed by atoms with Crippen molar-refractivity contribution < 1.29 is 31.4 Å². The Kier molecular flexibility index (Phi) is 8.89. The number of fused-ring (bicyclic) bond motifs is 3. The summed E-state index contributed by atoms with van der Waals surface area (Å²) >= 11 is 12.4. The lowest BCUT2D eigenvalue weighted by atomic mass is 9.94. The molecule has 3 atom stereocenters. The molecule has 2 aromatic heterocycles. The van der Waals surface area contributed by atoms with E-state index in [2.05, 4.69) is 15.0 Å². The van der Waals surface area contributed by atoms with Crippen LogP contribution in [0.2, 0.25) is 5.02 Å². The second kappa shape index (κ2) is 12.8. The maximum atomic E-state index is 15.3. The molecule has 3 aromatic rings. The number of alkyl halides is 4. The van der Waals surface area contributed by atoms with E-state index < -0.39 is 46.6 Å². The first-order valence-corrected chi connectivity index (χ1v) is 16.9. The molecule has 4 aliphatic rings. The van der Waals surface area contributed by atoms with Crippen molar-refractivity contribution in [1.82, 2.24) is 29.5 Å². The molecular formula is C32H36ClF5N8O2S. The van der Waals surface area contributed by atoms with Crippen LogP contribution < -0.4 is 15.4 Å². The van der Waals surface area contributed by atoms with Crippen LogP contribution in [0.1, 0.15) is 65.6 Å². The molecule has 7 rings (SSSR count). The van der Waals surface area contributed by atoms with Crippen LogP contribution in [-0.4, -0.2) is 86.6 Å². The lowest BCUT2D eigenvalue weighted by Gasteiger charge is -2.33. The fourth-order valence-corrected chi connectivity index (χ4v) is 8.06. The Bertz CT molecular complexity index is 1790. The number of nitrogens with two attached hydrogens (primary N) is 1. The number of hydrogen-bond acceptors (Lipinski definition) is 9. The lowest BCUT2D eigenvalue weighted by molar-refractivity contribution is -0.140. The number of thiocarbonyl (C=S) groups is 1. The van der Waals surface area contributed by atoms with E-state index in [1.54, 1.807) is 4.90 Å². The zero-order valence-electron chi connectivity index (χ0n) is 27.0. The van der Waals surface area contributed by atoms with Gasteiger partial charge in [-0.2, -0.15) is 28.2 Å². The molecule has 0 spiro atoms. The normalized spacial score (nSPS) is 24.0. The highest BCUT2D eigenvalue weighted by Crippen LogP contribution is 2.44. The molecule has 17 heteroatoms. The van der Waals surface area contributed by atoms with Gasteiger partial charge >= 0.3 is 12.2 Å². The molecule has 0 saturated carbocycles. The molecule has 49 heavy (non-hydrogen) atoms. The molecule has 264 valence electrons. The van der Waals surface area contributed by atoms with Gasteiger partial charge in [-0.05, 0) is 37.9 Å². The predicted molar refractivity (Wildman–Crippen MR) is 176 cm³/mol. The molecule has 10 nitrogen and oxygen atoms in total. The first kappa shape index (κ1) is 34.1. The topological polar surface area (TPSA) is 97.8 Å². The standard InChI is InChI=1S/C32H36ClF5N8O2S/c1-43(2)29(49)27-25(33)22-14-44(8-4-10-46(22)42-27)28-18-15-47-23(24-19(32(36,37)38)5-6-20(39)26(24)35)11-21(18)40-30(41-28)48-16-31-7-3-9-45(31)13-17(34)12-31/h5-6,17,23H,3-4,7-16,39H2,1-2H3/t17-,23+,31+/m1/s1. The van der Waals surface area contributed by atoms with Gasteiger partial charge in [0.25, 0.3) is 0 Å². The minimum atomic E-state index is -4.84. The van der Waals surface area contributed by atoms with Crippen LogP contribution in [0.15, 0.2) is 12.1 Å². The molecule has 0 bridgehead atoms. The maximum absolute atomic E-state index is 15.3. The van der Waals surface area contributed by atoms with Crippen LogP contribution in [0.5, 0.6) is 6.01 Å². The van der Waals surface area contributed by atoms with Gasteiger partial charge in [0.15, 0.2) is 5.82 Å². The predicted octanol–water partition coefficient (Wildman–Crippen LogP) is 5.48. The maximum Gasteiger partial charge on any atom is 0.416 e. The summed E-state index contributed by atoms with van der Waals surface area (Å²) in [4.78, 5) is 15.8. The van der Waals surface area contributed by atoms with Crippen molar-refractivity contribution in [1.29, 1.82) is 0 Å². The Morgan fingerprint density at radius 2 is 2.00 bits per heavy atom. The van der Waals surface area contributed by atoms with Gasteiger partial charge in [-0.1, -0.05) is 23.8 Å². The van der Waals surface area contributed by atoms with E-state index in [0.717, 1.165) is 37.2 Å². The van der Waals surface area contributed by atoms with Crippen molar-refractivity contribution in [2.24, 2.45) is 0 Å². The first-order chi connectivity index (χ1) is 23.3. The van der Waals surface area contributed by atoms with E-state index in [0.29, 0.717) is 65.3 Å². The van der Waals surface area contributed by atoms with E-state index >= 15 is 4.39 Å². The Balaban J connectivity index is 1.27. The molecule has 0 unspecified atom stereocenters. The second-order valence-corrected chi connectivity index (χ2v) is 14.1. The molecule has 2 fully saturated rings. The van der Waals surface area contributed by atoms with Crippen molar-refractivity contribution in [3.63, 3.8) is 0 Å². The number of aryl methyl sites for hydroxylation is 1. The molecule has 0 radical (unpaired) electrons. The van der Waals surface area contributed by atoms with Crippen molar-refractivity contribution in [2.75, 3.05) is 51.0 Å². The summed E-state index contributed by atoms with van der Waals surface area (Å²) < 4.78 is 86.1. The quantitative estimate of drug-likeness (QED) is 0.200. The van der Waals surface area contributed by atoms with Crippen molar-refractivity contribution in [3.05, 3.63) is 56.7 Å². The summed E-state index contributed by atoms with van der Waals surface area (Å²) in [5.41, 5.74) is 5.10. The van der Waals surface area contributed by atoms with Crippen molar-refractivity contribution in [2.45, 2.75) is 75.8 Å². The largest absolute Gasteiger partial charge is 0.461 e. The number of nitrogens with zero attached hydrogens (tertiary/aromatic N) is 7. The summed E-state index contributed by atoms with van der Waals surface area (Å²) in [5, 5.41) is 5.10. The van der Waals surface area contributed by atoms with Crippen LogP contribution in [0, 0.1) is 5.82 Å². The number of benzene rings is 1. The Morgan fingerprint density at radius 3 is 2.76 bits per heavy atom. The van der Waals surface area contributed by atoms with Crippen molar-refractivity contribution >= 4 is 40.3 Å². The third-order valence-corrected chi connectivity index (χ3v) is 10.9. The molecule has 2 N–H and O–H groups in total. The van der Waals surface area contributed by atoms with Crippen LogP contribution in [0.4, 0.5) is 33.5 Å². The van der Waals surface area contributed by atoms with E-state index in [1.165, 1.54) is 0 Å². The van der Waals surface area contributed by atoms with Gasteiger partial charge in [0.05, 0.1) is 52.5 Å². The van der Waals surface area contributed by atoms with Gasteiger partial charge in [0.1, 0.15) is 29.3 Å². The third-order valence-electron chi connectivity index (χ3n) is 9.97. The van der Waals surface area contributed by atoms with E-state index in [-0.39, 0.29) is 32.2 Å². The number of halogens is 6. The lowest BCUT2D eigenvalue weighted by Crippen LogP contribution is -2.43. The number of hydrogen-bond donors (Lipinski definition) is 1. The van der Waals surface area contributed by atoms with Gasteiger partial charge in [-0.3, -0.25) is 9.58 Å². The monoisotopic (exact) mass is 726 g/mol. The highest BCUT2D eigenvalue weighted by atomic mass is 35.5. The van der Waals surface area contributed by atoms with Crippen LogP contribution >= 0.6 is 23.8 Å². The molecule has 2 saturated heterocycles. The van der Waals surface area contributed by atoms with Gasteiger partial charge in [0, 0.05) is 57.7 Å². The van der Waals surface area contributed by atoms with E-state index in [4.69, 9.17) is 44.0 Å². The fourth-order valence-electron chi connectivity index (χ4n) is 7.57. The average Bonchev–Trinajstić information content (AvgIpc) is 3.62. The summed E-state index contributed by atoms with van der Waals surface area (Å²) in [7, 11) is 3.63. The SMILES string of the molecule is CN(C)C(=S)c1nn2c(c1Cl)CN(c1nc(OC[C@@]34CCCN3C[C@H](F)C4)nc3c1CO[C@H](c1c(C(F)(F)F)ccc(N)c1F)C3)CCC2. The summed E-state index contributed by atoms with van der Waals surface area (Å²) in [5.74, 6) is -0.723.